The van der Waals surface area contributed by atoms with E-state index in [1.807, 2.05) is 0 Å². The maximum Gasteiger partial charge on any atom is -0.0363 e. The van der Waals surface area contributed by atoms with Crippen molar-refractivity contribution < 1.29 is 0 Å². The molecule has 1 unspecified atom stereocenters. The Balaban J connectivity index is 2.47. The average molecular weight is 154 g/mol. The van der Waals surface area contributed by atoms with Gasteiger partial charge in [0.15, 0.2) is 0 Å². The Morgan fingerprint density at radius 1 is 1.09 bits per heavy atom. The summed E-state index contributed by atoms with van der Waals surface area (Å²) < 4.78 is 0. The summed E-state index contributed by atoms with van der Waals surface area (Å²) in [6.07, 6.45) is 4.40. The zero-order chi connectivity index (χ0) is 8.43. The Morgan fingerprint density at radius 2 is 1.73 bits per heavy atom. The molecule has 1 fully saturated rings. The van der Waals surface area contributed by atoms with Crippen molar-refractivity contribution >= 4 is 0 Å². The topological polar surface area (TPSA) is 0 Å². The fourth-order valence-electron chi connectivity index (χ4n) is 2.51. The lowest BCUT2D eigenvalue weighted by Gasteiger charge is -2.35. The zero-order valence-electron chi connectivity index (χ0n) is 8.43. The van der Waals surface area contributed by atoms with Crippen molar-refractivity contribution in [1.82, 2.24) is 0 Å². The third kappa shape index (κ3) is 2.21. The molecule has 0 radical (unpaired) electrons. The van der Waals surface area contributed by atoms with Gasteiger partial charge in [0.25, 0.3) is 0 Å². The van der Waals surface area contributed by atoms with E-state index < -0.39 is 0 Å². The summed E-state index contributed by atoms with van der Waals surface area (Å²) in [5, 5.41) is 0. The van der Waals surface area contributed by atoms with Gasteiger partial charge in [-0.1, -0.05) is 40.5 Å². The van der Waals surface area contributed by atoms with E-state index >= 15 is 0 Å². The molecule has 1 rings (SSSR count). The molecule has 11 heavy (non-hydrogen) atoms. The maximum atomic E-state index is 2.43. The Hall–Kier alpha value is 0. The second kappa shape index (κ2) is 3.60. The van der Waals surface area contributed by atoms with E-state index in [2.05, 4.69) is 27.7 Å². The highest BCUT2D eigenvalue weighted by Crippen LogP contribution is 2.37. The summed E-state index contributed by atoms with van der Waals surface area (Å²) in [4.78, 5) is 0. The largest absolute Gasteiger partial charge is 0.0625 e. The first-order valence-corrected chi connectivity index (χ1v) is 5.11. The van der Waals surface area contributed by atoms with Gasteiger partial charge in [-0.25, -0.2) is 0 Å². The van der Waals surface area contributed by atoms with Gasteiger partial charge in [0, 0.05) is 0 Å². The Labute approximate surface area is 71.4 Å². The number of hydrogen-bond acceptors (Lipinski definition) is 0. The van der Waals surface area contributed by atoms with E-state index in [-0.39, 0.29) is 0 Å². The first kappa shape index (κ1) is 9.09. The third-order valence-corrected chi connectivity index (χ3v) is 3.38. The van der Waals surface area contributed by atoms with Crippen LogP contribution in [-0.4, -0.2) is 0 Å². The molecule has 0 nitrogen and oxygen atoms in total. The van der Waals surface area contributed by atoms with Crippen molar-refractivity contribution in [2.24, 2.45) is 23.7 Å². The smallest absolute Gasteiger partial charge is 0.0363 e. The first-order chi connectivity index (χ1) is 5.11. The van der Waals surface area contributed by atoms with Gasteiger partial charge < -0.3 is 0 Å². The highest BCUT2D eigenvalue weighted by molar-refractivity contribution is 4.77. The molecule has 66 valence electrons. The average Bonchev–Trinajstić information content (AvgIpc) is 1.94. The lowest BCUT2D eigenvalue weighted by atomic mass is 9.71. The zero-order valence-corrected chi connectivity index (χ0v) is 8.43. The highest BCUT2D eigenvalue weighted by atomic mass is 14.3. The number of hydrogen-bond donors (Lipinski definition) is 0. The summed E-state index contributed by atoms with van der Waals surface area (Å²) in [7, 11) is 0. The van der Waals surface area contributed by atoms with E-state index in [9.17, 15) is 0 Å². The van der Waals surface area contributed by atoms with Gasteiger partial charge in [-0.05, 0) is 30.1 Å². The van der Waals surface area contributed by atoms with Crippen LogP contribution in [0.2, 0.25) is 0 Å². The van der Waals surface area contributed by atoms with Crippen LogP contribution in [-0.2, 0) is 0 Å². The molecule has 0 spiro atoms. The minimum Gasteiger partial charge on any atom is -0.0625 e. The molecule has 1 saturated carbocycles. The summed E-state index contributed by atoms with van der Waals surface area (Å²) in [6, 6.07) is 0. The normalized spacial score (nSPS) is 39.5. The van der Waals surface area contributed by atoms with Crippen LogP contribution < -0.4 is 0 Å². The molecular weight excluding hydrogens is 132 g/mol. The second-order valence-electron chi connectivity index (χ2n) is 4.80. The lowest BCUT2D eigenvalue weighted by Crippen LogP contribution is -2.25. The van der Waals surface area contributed by atoms with Crippen LogP contribution in [0.4, 0.5) is 0 Å². The van der Waals surface area contributed by atoms with Crippen molar-refractivity contribution in [3.05, 3.63) is 0 Å². The molecule has 0 amide bonds. The van der Waals surface area contributed by atoms with E-state index in [4.69, 9.17) is 0 Å². The minimum absolute atomic E-state index is 0.896. The van der Waals surface area contributed by atoms with Gasteiger partial charge in [-0.2, -0.15) is 0 Å². The molecule has 0 aromatic rings. The summed E-state index contributed by atoms with van der Waals surface area (Å²) in [5.74, 6) is 3.86. The molecular formula is C11H22. The molecule has 0 aliphatic heterocycles. The van der Waals surface area contributed by atoms with Crippen LogP contribution in [0, 0.1) is 23.7 Å². The van der Waals surface area contributed by atoms with Gasteiger partial charge in [-0.3, -0.25) is 0 Å². The molecule has 0 aromatic heterocycles. The van der Waals surface area contributed by atoms with Crippen LogP contribution >= 0.6 is 0 Å². The highest BCUT2D eigenvalue weighted by Gasteiger charge is 2.27. The molecule has 0 saturated heterocycles. The predicted octanol–water partition coefficient (Wildman–Crippen LogP) is 3.71. The first-order valence-electron chi connectivity index (χ1n) is 5.11. The molecule has 0 N–H and O–H groups in total. The lowest BCUT2D eigenvalue weighted by molar-refractivity contribution is 0.155. The quantitative estimate of drug-likeness (QED) is 0.540. The van der Waals surface area contributed by atoms with Gasteiger partial charge in [0.05, 0.1) is 0 Å². The Morgan fingerprint density at radius 3 is 2.18 bits per heavy atom. The molecule has 0 bridgehead atoms. The third-order valence-electron chi connectivity index (χ3n) is 3.38. The van der Waals surface area contributed by atoms with Gasteiger partial charge in [0.2, 0.25) is 0 Å². The summed E-state index contributed by atoms with van der Waals surface area (Å²) in [6.45, 7) is 9.58. The predicted molar refractivity (Wildman–Crippen MR) is 50.5 cm³/mol. The van der Waals surface area contributed by atoms with Crippen LogP contribution in [0.1, 0.15) is 47.0 Å². The van der Waals surface area contributed by atoms with Crippen LogP contribution in [0.3, 0.4) is 0 Å². The molecule has 0 heteroatoms. The Bertz CT molecular complexity index is 115. The van der Waals surface area contributed by atoms with Crippen molar-refractivity contribution in [1.29, 1.82) is 0 Å². The maximum absolute atomic E-state index is 2.43. The van der Waals surface area contributed by atoms with Gasteiger partial charge in [-0.15, -0.1) is 0 Å². The molecule has 0 aromatic carbocycles. The van der Waals surface area contributed by atoms with E-state index in [1.165, 1.54) is 19.3 Å². The summed E-state index contributed by atoms with van der Waals surface area (Å²) >= 11 is 0. The minimum atomic E-state index is 0.896. The van der Waals surface area contributed by atoms with Crippen molar-refractivity contribution in [2.45, 2.75) is 47.0 Å². The fraction of sp³-hybridized carbons (Fsp3) is 1.00. The Kier molecular flexibility index (Phi) is 2.98. The van der Waals surface area contributed by atoms with Crippen molar-refractivity contribution in [3.63, 3.8) is 0 Å². The monoisotopic (exact) mass is 154 g/mol. The molecule has 3 atom stereocenters. The molecule has 0 heterocycles. The van der Waals surface area contributed by atoms with Crippen molar-refractivity contribution in [2.75, 3.05) is 0 Å². The van der Waals surface area contributed by atoms with Crippen LogP contribution in [0.25, 0.3) is 0 Å². The van der Waals surface area contributed by atoms with Gasteiger partial charge in [0.1, 0.15) is 0 Å². The standard InChI is InChI=1S/C11H22/c1-8(2)11-7-9(3)5-6-10(11)4/h8-11H,5-7H2,1-4H3/t9?,10-,11+/m1/s1. The SMILES string of the molecule is CC1CC[C@@H](C)[C@H](C(C)C)C1. The van der Waals surface area contributed by atoms with E-state index in [0.717, 1.165) is 23.7 Å². The second-order valence-corrected chi connectivity index (χ2v) is 4.80. The number of rotatable bonds is 1. The van der Waals surface area contributed by atoms with Crippen LogP contribution in [0.5, 0.6) is 0 Å². The fourth-order valence-corrected chi connectivity index (χ4v) is 2.51. The van der Waals surface area contributed by atoms with Gasteiger partial charge >= 0.3 is 0 Å². The van der Waals surface area contributed by atoms with Crippen molar-refractivity contribution in [3.8, 4) is 0 Å². The van der Waals surface area contributed by atoms with E-state index in [1.54, 1.807) is 0 Å². The van der Waals surface area contributed by atoms with Crippen LogP contribution in [0.15, 0.2) is 0 Å². The van der Waals surface area contributed by atoms with E-state index in [0.29, 0.717) is 0 Å². The molecule has 1 aliphatic rings. The molecule has 1 aliphatic carbocycles. The summed E-state index contributed by atoms with van der Waals surface area (Å²) in [5.41, 5.74) is 0.